The molecule has 4 nitrogen and oxygen atoms in total. The molecule has 0 aliphatic heterocycles. The van der Waals surface area contributed by atoms with Gasteiger partial charge < -0.3 is 9.47 Å². The number of carbonyl (C=O) groups excluding carboxylic acids is 2. The van der Waals surface area contributed by atoms with Crippen LogP contribution in [0.5, 0.6) is 5.75 Å². The quantitative estimate of drug-likeness (QED) is 0.231. The number of rotatable bonds is 11. The normalized spacial score (nSPS) is 10.8. The highest BCUT2D eigenvalue weighted by atomic mass is 16.5. The molecule has 0 unspecified atom stereocenters. The van der Waals surface area contributed by atoms with Gasteiger partial charge in [-0.1, -0.05) is 56.2 Å². The Hall–Kier alpha value is -2.88. The van der Waals surface area contributed by atoms with E-state index in [0.29, 0.717) is 18.6 Å². The van der Waals surface area contributed by atoms with Gasteiger partial charge in [0, 0.05) is 18.1 Å². The fraction of sp³-hybridized carbons (Fsp3) is 0.333. The van der Waals surface area contributed by atoms with Gasteiger partial charge in [-0.2, -0.15) is 0 Å². The summed E-state index contributed by atoms with van der Waals surface area (Å²) in [5.41, 5.74) is 2.44. The van der Waals surface area contributed by atoms with Crippen LogP contribution >= 0.6 is 0 Å². The van der Waals surface area contributed by atoms with Gasteiger partial charge >= 0.3 is 5.97 Å². The van der Waals surface area contributed by atoms with E-state index in [9.17, 15) is 9.59 Å². The second-order valence-corrected chi connectivity index (χ2v) is 6.51. The monoisotopic (exact) mass is 380 g/mol. The van der Waals surface area contributed by atoms with Gasteiger partial charge in [-0.25, -0.2) is 4.79 Å². The van der Waals surface area contributed by atoms with Crippen LogP contribution < -0.4 is 4.74 Å². The summed E-state index contributed by atoms with van der Waals surface area (Å²) in [5.74, 6) is 0.517. The minimum absolute atomic E-state index is 0.0533. The Kier molecular flexibility index (Phi) is 8.99. The SMILES string of the molecule is CCCCCOc1ccc(CC(=O)c2ccc(C=CC(=O)OCC)cc2)cc1. The summed E-state index contributed by atoms with van der Waals surface area (Å²) in [5, 5.41) is 0. The van der Waals surface area contributed by atoms with Crippen molar-refractivity contribution in [3.8, 4) is 5.75 Å². The van der Waals surface area contributed by atoms with Gasteiger partial charge in [-0.05, 0) is 42.7 Å². The van der Waals surface area contributed by atoms with Crippen molar-refractivity contribution >= 4 is 17.8 Å². The summed E-state index contributed by atoms with van der Waals surface area (Å²) >= 11 is 0. The van der Waals surface area contributed by atoms with Crippen molar-refractivity contribution in [3.63, 3.8) is 0 Å². The van der Waals surface area contributed by atoms with E-state index in [1.54, 1.807) is 25.1 Å². The zero-order valence-electron chi connectivity index (χ0n) is 16.6. The maximum absolute atomic E-state index is 12.5. The lowest BCUT2D eigenvalue weighted by Crippen LogP contribution is -2.04. The summed E-state index contributed by atoms with van der Waals surface area (Å²) in [6, 6.07) is 14.9. The molecule has 0 aliphatic rings. The molecule has 0 aromatic heterocycles. The van der Waals surface area contributed by atoms with Crippen LogP contribution in [-0.4, -0.2) is 25.0 Å². The zero-order valence-corrected chi connectivity index (χ0v) is 16.6. The molecule has 4 heteroatoms. The van der Waals surface area contributed by atoms with Gasteiger partial charge in [0.2, 0.25) is 0 Å². The van der Waals surface area contributed by atoms with E-state index in [0.717, 1.165) is 29.9 Å². The predicted octanol–water partition coefficient (Wildman–Crippen LogP) is 5.26. The molecule has 148 valence electrons. The second kappa shape index (κ2) is 11.8. The van der Waals surface area contributed by atoms with Gasteiger partial charge in [0.15, 0.2) is 5.78 Å². The molecule has 2 aromatic rings. The first-order chi connectivity index (χ1) is 13.6. The maximum atomic E-state index is 12.5. The molecule has 0 fully saturated rings. The third-order valence-corrected chi connectivity index (χ3v) is 4.24. The maximum Gasteiger partial charge on any atom is 0.330 e. The third kappa shape index (κ3) is 7.39. The molecule has 0 radical (unpaired) electrons. The Morgan fingerprint density at radius 2 is 1.64 bits per heavy atom. The van der Waals surface area contributed by atoms with Crippen LogP contribution in [0.4, 0.5) is 0 Å². The van der Waals surface area contributed by atoms with E-state index in [-0.39, 0.29) is 11.8 Å². The molecule has 28 heavy (non-hydrogen) atoms. The Balaban J connectivity index is 1.87. The van der Waals surface area contributed by atoms with Crippen LogP contribution in [-0.2, 0) is 16.0 Å². The van der Waals surface area contributed by atoms with E-state index in [2.05, 4.69) is 6.92 Å². The molecular weight excluding hydrogens is 352 g/mol. The van der Waals surface area contributed by atoms with Crippen molar-refractivity contribution in [2.75, 3.05) is 13.2 Å². The average Bonchev–Trinajstić information content (AvgIpc) is 2.71. The number of benzene rings is 2. The minimum atomic E-state index is -0.375. The Labute approximate surface area is 167 Å². The van der Waals surface area contributed by atoms with Crippen molar-refractivity contribution in [2.24, 2.45) is 0 Å². The van der Waals surface area contributed by atoms with Crippen molar-refractivity contribution in [2.45, 2.75) is 39.5 Å². The Morgan fingerprint density at radius 3 is 2.29 bits per heavy atom. The van der Waals surface area contributed by atoms with Gasteiger partial charge in [0.25, 0.3) is 0 Å². The lowest BCUT2D eigenvalue weighted by Gasteiger charge is -2.07. The second-order valence-electron chi connectivity index (χ2n) is 6.51. The largest absolute Gasteiger partial charge is 0.494 e. The first kappa shape index (κ1) is 21.4. The van der Waals surface area contributed by atoms with Crippen LogP contribution in [0.3, 0.4) is 0 Å². The number of Topliss-reactive ketones (excluding diaryl/α,β-unsaturated/α-hetero) is 1. The van der Waals surface area contributed by atoms with Crippen LogP contribution in [0, 0.1) is 0 Å². The first-order valence-electron chi connectivity index (χ1n) is 9.82. The zero-order chi connectivity index (χ0) is 20.2. The van der Waals surface area contributed by atoms with Gasteiger partial charge in [-0.15, -0.1) is 0 Å². The molecule has 0 bridgehead atoms. The summed E-state index contributed by atoms with van der Waals surface area (Å²) in [7, 11) is 0. The lowest BCUT2D eigenvalue weighted by atomic mass is 10.0. The molecule has 0 heterocycles. The number of unbranched alkanes of at least 4 members (excludes halogenated alkanes) is 2. The van der Waals surface area contributed by atoms with E-state index < -0.39 is 0 Å². The molecule has 0 amide bonds. The summed E-state index contributed by atoms with van der Waals surface area (Å²) < 4.78 is 10.5. The number of carbonyl (C=O) groups is 2. The minimum Gasteiger partial charge on any atom is -0.494 e. The highest BCUT2D eigenvalue weighted by Gasteiger charge is 2.07. The number of ether oxygens (including phenoxy) is 2. The van der Waals surface area contributed by atoms with Gasteiger partial charge in [-0.3, -0.25) is 4.79 Å². The summed E-state index contributed by atoms with van der Waals surface area (Å²) in [6.07, 6.45) is 6.80. The van der Waals surface area contributed by atoms with E-state index in [4.69, 9.17) is 9.47 Å². The van der Waals surface area contributed by atoms with Crippen LogP contribution in [0.2, 0.25) is 0 Å². The molecule has 0 atom stereocenters. The van der Waals surface area contributed by atoms with Crippen molar-refractivity contribution in [1.29, 1.82) is 0 Å². The molecule has 0 spiro atoms. The lowest BCUT2D eigenvalue weighted by molar-refractivity contribution is -0.137. The number of hydrogen-bond donors (Lipinski definition) is 0. The standard InChI is InChI=1S/C24H28O4/c1-3-5-6-17-28-22-14-9-20(10-15-22)18-23(25)21-12-7-19(8-13-21)11-16-24(26)27-4-2/h7-16H,3-6,17-18H2,1-2H3. The average molecular weight is 380 g/mol. The van der Waals surface area contributed by atoms with E-state index in [1.807, 2.05) is 36.4 Å². The van der Waals surface area contributed by atoms with Gasteiger partial charge in [0.05, 0.1) is 13.2 Å². The summed E-state index contributed by atoms with van der Waals surface area (Å²) in [6.45, 7) is 5.01. The molecule has 2 aromatic carbocycles. The molecule has 0 saturated carbocycles. The third-order valence-electron chi connectivity index (χ3n) is 4.24. The highest BCUT2D eigenvalue weighted by molar-refractivity contribution is 5.97. The number of ketones is 1. The van der Waals surface area contributed by atoms with Crippen LogP contribution in [0.25, 0.3) is 6.08 Å². The number of esters is 1. The fourth-order valence-electron chi connectivity index (χ4n) is 2.67. The molecule has 0 saturated heterocycles. The topological polar surface area (TPSA) is 52.6 Å². The molecule has 0 N–H and O–H groups in total. The Bertz CT molecular complexity index is 773. The van der Waals surface area contributed by atoms with Crippen molar-refractivity contribution in [3.05, 3.63) is 71.3 Å². The van der Waals surface area contributed by atoms with E-state index in [1.165, 1.54) is 18.9 Å². The van der Waals surface area contributed by atoms with Crippen LogP contribution in [0.15, 0.2) is 54.6 Å². The summed E-state index contributed by atoms with van der Waals surface area (Å²) in [4.78, 5) is 23.8. The molecular formula is C24H28O4. The smallest absolute Gasteiger partial charge is 0.330 e. The van der Waals surface area contributed by atoms with Crippen molar-refractivity contribution < 1.29 is 19.1 Å². The predicted molar refractivity (Wildman–Crippen MR) is 112 cm³/mol. The van der Waals surface area contributed by atoms with Gasteiger partial charge in [0.1, 0.15) is 5.75 Å². The van der Waals surface area contributed by atoms with Crippen molar-refractivity contribution in [1.82, 2.24) is 0 Å². The fourth-order valence-corrected chi connectivity index (χ4v) is 2.67. The first-order valence-corrected chi connectivity index (χ1v) is 9.82. The highest BCUT2D eigenvalue weighted by Crippen LogP contribution is 2.15. The van der Waals surface area contributed by atoms with Crippen LogP contribution in [0.1, 0.15) is 54.6 Å². The molecule has 0 aliphatic carbocycles. The number of hydrogen-bond acceptors (Lipinski definition) is 4. The Morgan fingerprint density at radius 1 is 0.929 bits per heavy atom. The van der Waals surface area contributed by atoms with E-state index >= 15 is 0 Å². The molecule has 2 rings (SSSR count).